The van der Waals surface area contributed by atoms with Gasteiger partial charge in [0.25, 0.3) is 11.8 Å². The Balaban J connectivity index is 1.90. The lowest BCUT2D eigenvalue weighted by Gasteiger charge is -2.33. The molecule has 0 saturated carbocycles. The first-order chi connectivity index (χ1) is 13.1. The second-order valence-corrected chi connectivity index (χ2v) is 6.89. The SMILES string of the molecule is C[C@@H]1CCCCN1C(=O)c1cc(-c2ccccc2)nc2c(C(N)=O)ncn12. The van der Waals surface area contributed by atoms with Gasteiger partial charge in [-0.05, 0) is 32.3 Å². The van der Waals surface area contributed by atoms with Gasteiger partial charge in [0.15, 0.2) is 11.3 Å². The van der Waals surface area contributed by atoms with Crippen molar-refractivity contribution in [2.45, 2.75) is 32.2 Å². The Morgan fingerprint density at radius 1 is 1.19 bits per heavy atom. The van der Waals surface area contributed by atoms with Crippen LogP contribution in [0.25, 0.3) is 16.9 Å². The molecule has 1 fully saturated rings. The van der Waals surface area contributed by atoms with E-state index in [0.717, 1.165) is 31.4 Å². The highest BCUT2D eigenvalue weighted by molar-refractivity contribution is 5.99. The number of nitrogens with two attached hydrogens (primary N) is 1. The molecule has 3 heterocycles. The van der Waals surface area contributed by atoms with E-state index in [1.165, 1.54) is 6.33 Å². The maximum absolute atomic E-state index is 13.3. The summed E-state index contributed by atoms with van der Waals surface area (Å²) < 4.78 is 1.57. The minimum absolute atomic E-state index is 0.0634. The number of hydrogen-bond donors (Lipinski definition) is 1. The molecule has 1 aromatic carbocycles. The van der Waals surface area contributed by atoms with Crippen LogP contribution in [0.3, 0.4) is 0 Å². The van der Waals surface area contributed by atoms with Crippen molar-refractivity contribution in [1.82, 2.24) is 19.3 Å². The van der Waals surface area contributed by atoms with E-state index < -0.39 is 5.91 Å². The van der Waals surface area contributed by atoms with E-state index >= 15 is 0 Å². The van der Waals surface area contributed by atoms with E-state index in [-0.39, 0.29) is 17.6 Å². The van der Waals surface area contributed by atoms with Crippen molar-refractivity contribution in [2.75, 3.05) is 6.54 Å². The number of aromatic nitrogens is 3. The topological polar surface area (TPSA) is 93.6 Å². The van der Waals surface area contributed by atoms with Crippen molar-refractivity contribution in [1.29, 1.82) is 0 Å². The number of likely N-dealkylation sites (tertiary alicyclic amines) is 1. The Labute approximate surface area is 156 Å². The number of carbonyl (C=O) groups excluding carboxylic acids is 2. The quantitative estimate of drug-likeness (QED) is 0.774. The lowest BCUT2D eigenvalue weighted by Crippen LogP contribution is -2.42. The van der Waals surface area contributed by atoms with Gasteiger partial charge in [-0.25, -0.2) is 9.97 Å². The number of rotatable bonds is 3. The molecule has 7 heteroatoms. The Morgan fingerprint density at radius 2 is 1.96 bits per heavy atom. The number of imidazole rings is 1. The molecule has 0 unspecified atom stereocenters. The molecule has 2 amide bonds. The van der Waals surface area contributed by atoms with Crippen LogP contribution in [-0.4, -0.2) is 43.7 Å². The van der Waals surface area contributed by atoms with Crippen LogP contribution in [0.4, 0.5) is 0 Å². The van der Waals surface area contributed by atoms with Crippen LogP contribution in [0.15, 0.2) is 42.7 Å². The van der Waals surface area contributed by atoms with Crippen molar-refractivity contribution >= 4 is 17.5 Å². The molecule has 7 nitrogen and oxygen atoms in total. The van der Waals surface area contributed by atoms with Gasteiger partial charge in [-0.3, -0.25) is 14.0 Å². The summed E-state index contributed by atoms with van der Waals surface area (Å²) >= 11 is 0. The zero-order valence-electron chi connectivity index (χ0n) is 15.1. The summed E-state index contributed by atoms with van der Waals surface area (Å²) in [5.41, 5.74) is 7.73. The van der Waals surface area contributed by atoms with Gasteiger partial charge in [0, 0.05) is 18.2 Å². The summed E-state index contributed by atoms with van der Waals surface area (Å²) in [4.78, 5) is 35.6. The van der Waals surface area contributed by atoms with Gasteiger partial charge in [-0.15, -0.1) is 0 Å². The van der Waals surface area contributed by atoms with E-state index in [1.54, 1.807) is 10.5 Å². The van der Waals surface area contributed by atoms with Crippen LogP contribution in [-0.2, 0) is 0 Å². The number of nitrogens with zero attached hydrogens (tertiary/aromatic N) is 4. The van der Waals surface area contributed by atoms with E-state index in [4.69, 9.17) is 5.73 Å². The summed E-state index contributed by atoms with van der Waals surface area (Å²) in [6.07, 6.45) is 4.55. The molecule has 0 radical (unpaired) electrons. The molecular formula is C20H21N5O2. The first-order valence-corrected chi connectivity index (χ1v) is 9.10. The Kier molecular flexibility index (Phi) is 4.35. The molecule has 1 aliphatic rings. The van der Waals surface area contributed by atoms with E-state index in [9.17, 15) is 9.59 Å². The smallest absolute Gasteiger partial charge is 0.271 e. The molecule has 1 saturated heterocycles. The van der Waals surface area contributed by atoms with Crippen LogP contribution in [0.2, 0.25) is 0 Å². The summed E-state index contributed by atoms with van der Waals surface area (Å²) in [6, 6.07) is 11.5. The van der Waals surface area contributed by atoms with Crippen molar-refractivity contribution in [2.24, 2.45) is 5.73 Å². The average molecular weight is 363 g/mol. The lowest BCUT2D eigenvalue weighted by molar-refractivity contribution is 0.0627. The standard InChI is InChI=1S/C20H21N5O2/c1-13-7-5-6-10-24(13)20(27)16-11-15(14-8-3-2-4-9-14)23-19-17(18(21)26)22-12-25(16)19/h2-4,8-9,11-13H,5-7,10H2,1H3,(H2,21,26)/t13-/m1/s1. The zero-order chi connectivity index (χ0) is 19.0. The van der Waals surface area contributed by atoms with Crippen LogP contribution in [0.5, 0.6) is 0 Å². The van der Waals surface area contributed by atoms with Crippen LogP contribution >= 0.6 is 0 Å². The molecule has 0 bridgehead atoms. The van der Waals surface area contributed by atoms with Gasteiger partial charge >= 0.3 is 0 Å². The van der Waals surface area contributed by atoms with Crippen LogP contribution in [0, 0.1) is 0 Å². The van der Waals surface area contributed by atoms with E-state index in [2.05, 4.69) is 16.9 Å². The fraction of sp³-hybridized carbons (Fsp3) is 0.300. The first-order valence-electron chi connectivity index (χ1n) is 9.10. The summed E-state index contributed by atoms with van der Waals surface area (Å²) in [5, 5.41) is 0. The second-order valence-electron chi connectivity index (χ2n) is 6.89. The number of benzene rings is 1. The van der Waals surface area contributed by atoms with E-state index in [0.29, 0.717) is 17.0 Å². The fourth-order valence-corrected chi connectivity index (χ4v) is 3.61. The molecule has 3 aromatic rings. The molecular weight excluding hydrogens is 342 g/mol. The lowest BCUT2D eigenvalue weighted by atomic mass is 10.0. The van der Waals surface area contributed by atoms with Crippen LogP contribution < -0.4 is 5.73 Å². The van der Waals surface area contributed by atoms with Gasteiger partial charge in [0.05, 0.1) is 5.69 Å². The third kappa shape index (κ3) is 3.05. The zero-order valence-corrected chi connectivity index (χ0v) is 15.1. The molecule has 4 rings (SSSR count). The molecule has 1 atom stereocenters. The van der Waals surface area contributed by atoms with Crippen molar-refractivity contribution < 1.29 is 9.59 Å². The molecule has 2 N–H and O–H groups in total. The highest BCUT2D eigenvalue weighted by Gasteiger charge is 2.27. The minimum Gasteiger partial charge on any atom is -0.364 e. The Bertz CT molecular complexity index is 1010. The number of carbonyl (C=O) groups is 2. The van der Waals surface area contributed by atoms with Gasteiger partial charge in [0.2, 0.25) is 0 Å². The molecule has 138 valence electrons. The highest BCUT2D eigenvalue weighted by atomic mass is 16.2. The third-order valence-corrected chi connectivity index (χ3v) is 5.09. The number of hydrogen-bond acceptors (Lipinski definition) is 4. The predicted octanol–water partition coefficient (Wildman–Crippen LogP) is 2.51. The molecule has 0 aliphatic carbocycles. The van der Waals surface area contributed by atoms with E-state index in [1.807, 2.05) is 35.2 Å². The van der Waals surface area contributed by atoms with Gasteiger partial charge < -0.3 is 10.6 Å². The van der Waals surface area contributed by atoms with Crippen LogP contribution in [0.1, 0.15) is 47.2 Å². The maximum Gasteiger partial charge on any atom is 0.271 e. The summed E-state index contributed by atoms with van der Waals surface area (Å²) in [6.45, 7) is 2.79. The monoisotopic (exact) mass is 363 g/mol. The second kappa shape index (κ2) is 6.83. The fourth-order valence-electron chi connectivity index (χ4n) is 3.61. The van der Waals surface area contributed by atoms with Crippen molar-refractivity contribution in [3.8, 4) is 11.3 Å². The van der Waals surface area contributed by atoms with Gasteiger partial charge in [0.1, 0.15) is 12.0 Å². The average Bonchev–Trinajstić information content (AvgIpc) is 3.12. The molecule has 1 aliphatic heterocycles. The minimum atomic E-state index is -0.667. The molecule has 2 aromatic heterocycles. The van der Waals surface area contributed by atoms with Crippen molar-refractivity contribution in [3.63, 3.8) is 0 Å². The van der Waals surface area contributed by atoms with Gasteiger partial charge in [-0.2, -0.15) is 0 Å². The molecule has 27 heavy (non-hydrogen) atoms. The number of primary amides is 1. The third-order valence-electron chi connectivity index (χ3n) is 5.09. The highest BCUT2D eigenvalue weighted by Crippen LogP contribution is 2.24. The number of fused-ring (bicyclic) bond motifs is 1. The van der Waals surface area contributed by atoms with Crippen molar-refractivity contribution in [3.05, 3.63) is 54.1 Å². The van der Waals surface area contributed by atoms with Gasteiger partial charge in [-0.1, -0.05) is 30.3 Å². The summed E-state index contributed by atoms with van der Waals surface area (Å²) in [5.74, 6) is -0.750. The number of piperidine rings is 1. The normalized spacial score (nSPS) is 17.2. The Hall–Kier alpha value is -3.22. The Morgan fingerprint density at radius 3 is 2.67 bits per heavy atom. The molecule has 0 spiro atoms. The number of amides is 2. The first kappa shape index (κ1) is 17.2. The largest absolute Gasteiger partial charge is 0.364 e. The maximum atomic E-state index is 13.3. The predicted molar refractivity (Wildman–Crippen MR) is 101 cm³/mol. The summed E-state index contributed by atoms with van der Waals surface area (Å²) in [7, 11) is 0.